The molecule has 0 fully saturated rings. The normalized spacial score (nSPS) is 11.7. The molecule has 0 aliphatic heterocycles. The van der Waals surface area contributed by atoms with Crippen molar-refractivity contribution in [3.63, 3.8) is 0 Å². The first-order chi connectivity index (χ1) is 29.8. The van der Waals surface area contributed by atoms with Crippen molar-refractivity contribution >= 4 is 54.4 Å². The minimum Gasteiger partial charge on any atom is -0.309 e. The molecule has 0 unspecified atom stereocenters. The first-order valence-corrected chi connectivity index (χ1v) is 20.7. The Hall–Kier alpha value is -7.94. The SMILES string of the molecule is c1ccc(-c2ccc(-n3c4ccccc4c4cccc(-c5cccc6cccc(-c7cccc8c9ccccc9n(-c9ccc(-c%10ccccc%10)cc9)c78)c56)c43)cc2)cc1. The van der Waals surface area contributed by atoms with Crippen LogP contribution in [0.1, 0.15) is 0 Å². The summed E-state index contributed by atoms with van der Waals surface area (Å²) in [6.07, 6.45) is 0. The van der Waals surface area contributed by atoms with E-state index < -0.39 is 0 Å². The highest BCUT2D eigenvalue weighted by atomic mass is 15.0. The lowest BCUT2D eigenvalue weighted by Crippen LogP contribution is -1.97. The summed E-state index contributed by atoms with van der Waals surface area (Å²) in [6, 6.07) is 84.2. The molecule has 60 heavy (non-hydrogen) atoms. The van der Waals surface area contributed by atoms with E-state index in [0.717, 1.165) is 11.4 Å². The number of hydrogen-bond acceptors (Lipinski definition) is 0. The van der Waals surface area contributed by atoms with Gasteiger partial charge in [0.05, 0.1) is 22.1 Å². The third-order valence-corrected chi connectivity index (χ3v) is 12.3. The van der Waals surface area contributed by atoms with Crippen molar-refractivity contribution in [2.45, 2.75) is 0 Å². The molecule has 12 rings (SSSR count). The molecule has 0 N–H and O–H groups in total. The van der Waals surface area contributed by atoms with Gasteiger partial charge in [-0.15, -0.1) is 0 Å². The Morgan fingerprint density at radius 2 is 0.583 bits per heavy atom. The lowest BCUT2D eigenvalue weighted by atomic mass is 9.90. The van der Waals surface area contributed by atoms with Crippen molar-refractivity contribution in [2.75, 3.05) is 0 Å². The fraction of sp³-hybridized carbons (Fsp3) is 0. The standard InChI is InChI=1S/C58H38N2/c1-3-15-39(16-4-1)41-31-35-44(36-32-41)59-54-29-9-7-21-46(54)50-25-13-27-52(57(50)59)48-23-11-19-43-20-12-24-49(56(43)48)53-28-14-26-51-47-22-8-10-30-55(47)60(58(51)53)45-37-33-42(34-38-45)40-17-5-2-6-18-40/h1-38H. The Kier molecular flexibility index (Phi) is 7.89. The van der Waals surface area contributed by atoms with Gasteiger partial charge in [-0.25, -0.2) is 0 Å². The van der Waals surface area contributed by atoms with Gasteiger partial charge in [0, 0.05) is 44.0 Å². The van der Waals surface area contributed by atoms with Crippen molar-refractivity contribution in [3.8, 4) is 55.9 Å². The molecule has 12 aromatic rings. The van der Waals surface area contributed by atoms with Crippen LogP contribution in [0.5, 0.6) is 0 Å². The Morgan fingerprint density at radius 3 is 1.03 bits per heavy atom. The summed E-state index contributed by atoms with van der Waals surface area (Å²) in [5.74, 6) is 0. The minimum atomic E-state index is 1.14. The van der Waals surface area contributed by atoms with Crippen molar-refractivity contribution < 1.29 is 0 Å². The van der Waals surface area contributed by atoms with Crippen LogP contribution in [-0.4, -0.2) is 9.13 Å². The van der Waals surface area contributed by atoms with Crippen molar-refractivity contribution in [1.29, 1.82) is 0 Å². The summed E-state index contributed by atoms with van der Waals surface area (Å²) in [5.41, 5.74) is 16.8. The zero-order valence-electron chi connectivity index (χ0n) is 32.8. The molecule has 0 atom stereocenters. The van der Waals surface area contributed by atoms with Crippen LogP contribution in [-0.2, 0) is 0 Å². The fourth-order valence-electron chi connectivity index (χ4n) is 9.67. The molecular weight excluding hydrogens is 725 g/mol. The maximum Gasteiger partial charge on any atom is 0.0619 e. The first kappa shape index (κ1) is 34.1. The Balaban J connectivity index is 1.11. The highest BCUT2D eigenvalue weighted by Gasteiger charge is 2.22. The van der Waals surface area contributed by atoms with E-state index in [1.807, 2.05) is 0 Å². The number of rotatable bonds is 6. The topological polar surface area (TPSA) is 9.86 Å². The Labute approximate surface area is 348 Å². The van der Waals surface area contributed by atoms with Gasteiger partial charge in [0.15, 0.2) is 0 Å². The van der Waals surface area contributed by atoms with Crippen LogP contribution in [0.3, 0.4) is 0 Å². The average Bonchev–Trinajstić information content (AvgIpc) is 3.85. The molecule has 2 heteroatoms. The number of hydrogen-bond donors (Lipinski definition) is 0. The number of aromatic nitrogens is 2. The lowest BCUT2D eigenvalue weighted by Gasteiger charge is -2.17. The molecule has 0 saturated heterocycles. The zero-order valence-corrected chi connectivity index (χ0v) is 32.8. The molecule has 280 valence electrons. The van der Waals surface area contributed by atoms with Crippen LogP contribution in [0.2, 0.25) is 0 Å². The zero-order chi connectivity index (χ0) is 39.6. The quantitative estimate of drug-likeness (QED) is 0.160. The van der Waals surface area contributed by atoms with Crippen LogP contribution in [0.4, 0.5) is 0 Å². The monoisotopic (exact) mass is 762 g/mol. The highest BCUT2D eigenvalue weighted by Crippen LogP contribution is 2.45. The lowest BCUT2D eigenvalue weighted by molar-refractivity contribution is 1.18. The molecule has 0 radical (unpaired) electrons. The van der Waals surface area contributed by atoms with Crippen LogP contribution in [0, 0.1) is 0 Å². The van der Waals surface area contributed by atoms with Gasteiger partial charge < -0.3 is 9.13 Å². The van der Waals surface area contributed by atoms with E-state index in [1.54, 1.807) is 0 Å². The van der Waals surface area contributed by atoms with E-state index in [4.69, 9.17) is 0 Å². The predicted octanol–water partition coefficient (Wildman–Crippen LogP) is 15.7. The molecule has 0 spiro atoms. The van der Waals surface area contributed by atoms with Crippen LogP contribution < -0.4 is 0 Å². The van der Waals surface area contributed by atoms with E-state index >= 15 is 0 Å². The van der Waals surface area contributed by atoms with E-state index in [0.29, 0.717) is 0 Å². The van der Waals surface area contributed by atoms with Crippen LogP contribution in [0.15, 0.2) is 231 Å². The van der Waals surface area contributed by atoms with Crippen LogP contribution in [0.25, 0.3) is 110 Å². The first-order valence-electron chi connectivity index (χ1n) is 20.7. The number of benzene rings is 10. The largest absolute Gasteiger partial charge is 0.309 e. The third-order valence-electron chi connectivity index (χ3n) is 12.3. The van der Waals surface area contributed by atoms with Crippen molar-refractivity contribution in [1.82, 2.24) is 9.13 Å². The van der Waals surface area contributed by atoms with E-state index in [2.05, 4.69) is 240 Å². The summed E-state index contributed by atoms with van der Waals surface area (Å²) < 4.78 is 4.93. The van der Waals surface area contributed by atoms with Gasteiger partial charge in [-0.1, -0.05) is 194 Å². The second-order valence-electron chi connectivity index (χ2n) is 15.6. The summed E-state index contributed by atoms with van der Waals surface area (Å²) in [4.78, 5) is 0. The highest BCUT2D eigenvalue weighted by molar-refractivity contribution is 6.20. The molecule has 0 amide bonds. The van der Waals surface area contributed by atoms with Gasteiger partial charge in [-0.05, 0) is 80.6 Å². The molecule has 2 aromatic heterocycles. The molecule has 0 saturated carbocycles. The van der Waals surface area contributed by atoms with Crippen molar-refractivity contribution in [3.05, 3.63) is 231 Å². The van der Waals surface area contributed by atoms with Gasteiger partial charge in [-0.2, -0.15) is 0 Å². The van der Waals surface area contributed by atoms with Gasteiger partial charge in [-0.3, -0.25) is 0 Å². The van der Waals surface area contributed by atoms with Gasteiger partial charge in [0.25, 0.3) is 0 Å². The summed E-state index contributed by atoms with van der Waals surface area (Å²) in [6.45, 7) is 0. The van der Waals surface area contributed by atoms with Crippen LogP contribution >= 0.6 is 0 Å². The summed E-state index contributed by atoms with van der Waals surface area (Å²) in [7, 11) is 0. The second-order valence-corrected chi connectivity index (χ2v) is 15.6. The van der Waals surface area contributed by atoms with E-state index in [1.165, 1.54) is 98.9 Å². The Bertz CT molecular complexity index is 3320. The molecule has 0 aliphatic carbocycles. The molecule has 0 aliphatic rings. The number of fused-ring (bicyclic) bond motifs is 7. The van der Waals surface area contributed by atoms with E-state index in [9.17, 15) is 0 Å². The second kappa shape index (κ2) is 13.9. The average molecular weight is 763 g/mol. The van der Waals surface area contributed by atoms with Gasteiger partial charge in [0.2, 0.25) is 0 Å². The predicted molar refractivity (Wildman–Crippen MR) is 254 cm³/mol. The fourth-order valence-corrected chi connectivity index (χ4v) is 9.67. The van der Waals surface area contributed by atoms with Gasteiger partial charge in [0.1, 0.15) is 0 Å². The maximum absolute atomic E-state index is 2.47. The number of nitrogens with zero attached hydrogens (tertiary/aromatic N) is 2. The maximum atomic E-state index is 2.47. The summed E-state index contributed by atoms with van der Waals surface area (Å²) >= 11 is 0. The smallest absolute Gasteiger partial charge is 0.0619 e. The molecule has 0 bridgehead atoms. The third kappa shape index (κ3) is 5.35. The van der Waals surface area contributed by atoms with Gasteiger partial charge >= 0.3 is 0 Å². The molecule has 2 nitrogen and oxygen atoms in total. The van der Waals surface area contributed by atoms with E-state index in [-0.39, 0.29) is 0 Å². The molecule has 10 aromatic carbocycles. The molecule has 2 heterocycles. The minimum absolute atomic E-state index is 1.14. The number of para-hydroxylation sites is 4. The Morgan fingerprint density at radius 1 is 0.233 bits per heavy atom. The molecular formula is C58H38N2. The van der Waals surface area contributed by atoms with Crippen molar-refractivity contribution in [2.24, 2.45) is 0 Å². The summed E-state index contributed by atoms with van der Waals surface area (Å²) in [5, 5.41) is 7.43.